The van der Waals surface area contributed by atoms with E-state index in [4.69, 9.17) is 23.2 Å². The molecule has 6 nitrogen and oxygen atoms in total. The molecule has 132 valence electrons. The average molecular weight is 406 g/mol. The molecule has 0 radical (unpaired) electrons. The second-order valence-corrected chi connectivity index (χ2v) is 7.15. The van der Waals surface area contributed by atoms with Gasteiger partial charge in [0.15, 0.2) is 10.8 Å². The predicted molar refractivity (Wildman–Crippen MR) is 105 cm³/mol. The average Bonchev–Trinajstić information content (AvgIpc) is 3.08. The van der Waals surface area contributed by atoms with Gasteiger partial charge in [0.25, 0.3) is 5.56 Å². The second kappa shape index (κ2) is 6.57. The van der Waals surface area contributed by atoms with Gasteiger partial charge in [-0.2, -0.15) is 0 Å². The third-order valence-corrected chi connectivity index (χ3v) is 5.22. The van der Waals surface area contributed by atoms with E-state index >= 15 is 0 Å². The van der Waals surface area contributed by atoms with Crippen LogP contribution in [-0.2, 0) is 6.42 Å². The third-order valence-electron chi connectivity index (χ3n) is 4.05. The molecule has 0 aliphatic heterocycles. The number of imidazole rings is 1. The van der Waals surface area contributed by atoms with Crippen LogP contribution in [0.2, 0.25) is 10.0 Å². The first-order valence-electron chi connectivity index (χ1n) is 7.83. The van der Waals surface area contributed by atoms with Crippen molar-refractivity contribution >= 4 is 51.5 Å². The van der Waals surface area contributed by atoms with Gasteiger partial charge in [0.2, 0.25) is 0 Å². The Balaban J connectivity index is 2.24. The highest BCUT2D eigenvalue weighted by molar-refractivity contribution is 7.98. The molecule has 0 fully saturated rings. The standard InChI is InChI=1S/C17H13Cl2N5OS/c1-3-9-8-23-15(21-9)13-10(7-20-17(22-13)26-2)16(25)24(23)14-11(18)5-4-6-12(14)19/h4-8H,3H2,1-2H3. The molecule has 0 aliphatic carbocycles. The van der Waals surface area contributed by atoms with Crippen molar-refractivity contribution < 1.29 is 0 Å². The highest BCUT2D eigenvalue weighted by Crippen LogP contribution is 2.29. The quantitative estimate of drug-likeness (QED) is 0.380. The predicted octanol–water partition coefficient (Wildman–Crippen LogP) is 4.02. The van der Waals surface area contributed by atoms with Crippen LogP contribution in [-0.4, -0.2) is 30.4 Å². The van der Waals surface area contributed by atoms with Crippen LogP contribution in [0.15, 0.2) is 40.5 Å². The lowest BCUT2D eigenvalue weighted by Gasteiger charge is -2.14. The maximum Gasteiger partial charge on any atom is 0.281 e. The summed E-state index contributed by atoms with van der Waals surface area (Å²) in [5.74, 6) is 0. The molecule has 4 rings (SSSR count). The minimum Gasteiger partial charge on any atom is -0.267 e. The number of hydrogen-bond acceptors (Lipinski definition) is 5. The Hall–Kier alpha value is -2.09. The number of nitrogens with zero attached hydrogens (tertiary/aromatic N) is 5. The fourth-order valence-corrected chi connectivity index (χ4v) is 3.70. The first-order chi connectivity index (χ1) is 12.5. The normalized spacial score (nSPS) is 11.5. The molecule has 0 saturated carbocycles. The lowest BCUT2D eigenvalue weighted by Crippen LogP contribution is -2.25. The SMILES string of the molecule is CCc1cn2c(n1)c1nc(SC)ncc1c(=O)n2-c1c(Cl)cccc1Cl. The van der Waals surface area contributed by atoms with Crippen LogP contribution < -0.4 is 5.56 Å². The van der Waals surface area contributed by atoms with E-state index in [0.717, 1.165) is 5.69 Å². The summed E-state index contributed by atoms with van der Waals surface area (Å²) in [5.41, 5.74) is 1.99. The molecule has 0 unspecified atom stereocenters. The summed E-state index contributed by atoms with van der Waals surface area (Å²) in [7, 11) is 0. The van der Waals surface area contributed by atoms with Crippen molar-refractivity contribution in [3.8, 4) is 5.69 Å². The van der Waals surface area contributed by atoms with Crippen molar-refractivity contribution in [2.75, 3.05) is 6.26 Å². The van der Waals surface area contributed by atoms with Gasteiger partial charge in [-0.25, -0.2) is 24.1 Å². The van der Waals surface area contributed by atoms with Crippen molar-refractivity contribution in [3.63, 3.8) is 0 Å². The molecule has 0 bridgehead atoms. The van der Waals surface area contributed by atoms with E-state index in [0.29, 0.717) is 43.9 Å². The summed E-state index contributed by atoms with van der Waals surface area (Å²) in [6.07, 6.45) is 5.93. The summed E-state index contributed by atoms with van der Waals surface area (Å²) in [6, 6.07) is 5.11. The topological polar surface area (TPSA) is 65.1 Å². The van der Waals surface area contributed by atoms with Gasteiger partial charge in [-0.15, -0.1) is 0 Å². The van der Waals surface area contributed by atoms with Crippen LogP contribution in [0.1, 0.15) is 12.6 Å². The van der Waals surface area contributed by atoms with Gasteiger partial charge in [0.05, 0.1) is 27.3 Å². The fourth-order valence-electron chi connectivity index (χ4n) is 2.81. The number of para-hydroxylation sites is 1. The van der Waals surface area contributed by atoms with E-state index < -0.39 is 0 Å². The van der Waals surface area contributed by atoms with Crippen LogP contribution in [0.5, 0.6) is 0 Å². The second-order valence-electron chi connectivity index (χ2n) is 5.56. The van der Waals surface area contributed by atoms with Gasteiger partial charge in [-0.1, -0.05) is 48.0 Å². The summed E-state index contributed by atoms with van der Waals surface area (Å²) < 4.78 is 3.09. The van der Waals surface area contributed by atoms with Crippen LogP contribution in [0.4, 0.5) is 0 Å². The van der Waals surface area contributed by atoms with E-state index in [9.17, 15) is 4.79 Å². The molecule has 0 saturated heterocycles. The maximum absolute atomic E-state index is 13.3. The number of halogens is 2. The molecule has 4 aromatic rings. The number of aromatic nitrogens is 5. The number of hydrogen-bond donors (Lipinski definition) is 0. The maximum atomic E-state index is 13.3. The van der Waals surface area contributed by atoms with E-state index in [1.54, 1.807) is 28.9 Å². The Morgan fingerprint density at radius 2 is 1.92 bits per heavy atom. The largest absolute Gasteiger partial charge is 0.281 e. The lowest BCUT2D eigenvalue weighted by atomic mass is 10.3. The minimum atomic E-state index is -0.310. The Bertz CT molecular complexity index is 1200. The van der Waals surface area contributed by atoms with Crippen LogP contribution in [0.3, 0.4) is 0 Å². The molecule has 3 aromatic heterocycles. The molecule has 0 N–H and O–H groups in total. The number of fused-ring (bicyclic) bond motifs is 3. The molecule has 9 heteroatoms. The van der Waals surface area contributed by atoms with Crippen LogP contribution in [0, 0.1) is 0 Å². The summed E-state index contributed by atoms with van der Waals surface area (Å²) >= 11 is 14.1. The molecular formula is C17H13Cl2N5OS. The highest BCUT2D eigenvalue weighted by atomic mass is 35.5. The van der Waals surface area contributed by atoms with Gasteiger partial charge < -0.3 is 0 Å². The summed E-state index contributed by atoms with van der Waals surface area (Å²) in [4.78, 5) is 26.6. The van der Waals surface area contributed by atoms with Crippen molar-refractivity contribution in [1.29, 1.82) is 0 Å². The van der Waals surface area contributed by atoms with Crippen molar-refractivity contribution in [2.24, 2.45) is 0 Å². The zero-order chi connectivity index (χ0) is 18.4. The molecule has 0 amide bonds. The lowest BCUT2D eigenvalue weighted by molar-refractivity contribution is 0.753. The first-order valence-corrected chi connectivity index (χ1v) is 9.81. The monoisotopic (exact) mass is 405 g/mol. The minimum absolute atomic E-state index is 0.310. The molecule has 0 atom stereocenters. The zero-order valence-electron chi connectivity index (χ0n) is 13.9. The Morgan fingerprint density at radius 3 is 2.58 bits per heavy atom. The van der Waals surface area contributed by atoms with E-state index in [1.807, 2.05) is 13.2 Å². The van der Waals surface area contributed by atoms with Gasteiger partial charge in [0, 0.05) is 6.20 Å². The number of rotatable bonds is 3. The van der Waals surface area contributed by atoms with Crippen molar-refractivity contribution in [3.05, 3.63) is 56.7 Å². The summed E-state index contributed by atoms with van der Waals surface area (Å²) in [5, 5.41) is 1.68. The molecule has 0 aliphatic rings. The van der Waals surface area contributed by atoms with Gasteiger partial charge >= 0.3 is 0 Å². The van der Waals surface area contributed by atoms with Crippen LogP contribution >= 0.6 is 35.0 Å². The first kappa shape index (κ1) is 17.3. The molecular weight excluding hydrogens is 393 g/mol. The highest BCUT2D eigenvalue weighted by Gasteiger charge is 2.19. The van der Waals surface area contributed by atoms with Gasteiger partial charge in [0.1, 0.15) is 11.2 Å². The number of benzene rings is 1. The third kappa shape index (κ3) is 2.58. The van der Waals surface area contributed by atoms with E-state index in [2.05, 4.69) is 15.0 Å². The molecule has 1 aromatic carbocycles. The Labute approximate surface area is 162 Å². The van der Waals surface area contributed by atoms with Crippen molar-refractivity contribution in [1.82, 2.24) is 24.1 Å². The Kier molecular flexibility index (Phi) is 4.38. The summed E-state index contributed by atoms with van der Waals surface area (Å²) in [6.45, 7) is 2.00. The van der Waals surface area contributed by atoms with E-state index in [1.165, 1.54) is 22.6 Å². The molecule has 26 heavy (non-hydrogen) atoms. The number of thioether (sulfide) groups is 1. The van der Waals surface area contributed by atoms with Gasteiger partial charge in [-0.05, 0) is 24.8 Å². The van der Waals surface area contributed by atoms with E-state index in [-0.39, 0.29) is 5.56 Å². The zero-order valence-corrected chi connectivity index (χ0v) is 16.2. The van der Waals surface area contributed by atoms with Crippen molar-refractivity contribution in [2.45, 2.75) is 18.5 Å². The fraction of sp³-hybridized carbons (Fsp3) is 0.176. The van der Waals surface area contributed by atoms with Gasteiger partial charge in [-0.3, -0.25) is 4.79 Å². The smallest absolute Gasteiger partial charge is 0.267 e. The Morgan fingerprint density at radius 1 is 1.19 bits per heavy atom. The molecule has 0 spiro atoms. The molecule has 3 heterocycles. The number of aryl methyl sites for hydroxylation is 1. The van der Waals surface area contributed by atoms with Crippen LogP contribution in [0.25, 0.3) is 22.2 Å².